The summed E-state index contributed by atoms with van der Waals surface area (Å²) >= 11 is 0. The molecule has 0 N–H and O–H groups in total. The Balaban J connectivity index is 2.15. The van der Waals surface area contributed by atoms with Crippen LogP contribution in [0.15, 0.2) is 24.3 Å². The van der Waals surface area contributed by atoms with Gasteiger partial charge in [0.05, 0.1) is 4.92 Å². The number of nitro groups is 1. The van der Waals surface area contributed by atoms with Crippen LogP contribution in [0.5, 0.6) is 0 Å². The van der Waals surface area contributed by atoms with Crippen LogP contribution < -0.4 is 0 Å². The molecule has 1 aromatic carbocycles. The predicted octanol–water partition coefficient (Wildman–Crippen LogP) is 2.97. The number of hydrogen-bond acceptors (Lipinski definition) is 3. The van der Waals surface area contributed by atoms with E-state index >= 15 is 0 Å². The molecule has 0 radical (unpaired) electrons. The molecule has 17 heavy (non-hydrogen) atoms. The lowest BCUT2D eigenvalue weighted by Crippen LogP contribution is -2.28. The quantitative estimate of drug-likeness (QED) is 0.594. The van der Waals surface area contributed by atoms with Gasteiger partial charge in [0, 0.05) is 24.2 Å². The minimum atomic E-state index is -0.285. The fourth-order valence-electron chi connectivity index (χ4n) is 2.61. The Morgan fingerprint density at radius 2 is 2.24 bits per heavy atom. The minimum absolute atomic E-state index is 0.245. The Morgan fingerprint density at radius 3 is 2.94 bits per heavy atom. The van der Waals surface area contributed by atoms with Crippen LogP contribution in [0.1, 0.15) is 31.7 Å². The van der Waals surface area contributed by atoms with Crippen molar-refractivity contribution in [2.45, 2.75) is 38.8 Å². The van der Waals surface area contributed by atoms with Gasteiger partial charge in [-0.05, 0) is 25.8 Å². The van der Waals surface area contributed by atoms with Crippen LogP contribution in [-0.2, 0) is 6.54 Å². The van der Waals surface area contributed by atoms with Gasteiger partial charge >= 0.3 is 0 Å². The minimum Gasteiger partial charge on any atom is -0.296 e. The summed E-state index contributed by atoms with van der Waals surface area (Å²) in [6, 6.07) is 7.65. The average molecular weight is 234 g/mol. The molecule has 1 aromatic rings. The van der Waals surface area contributed by atoms with Crippen molar-refractivity contribution in [1.29, 1.82) is 0 Å². The topological polar surface area (TPSA) is 46.4 Å². The van der Waals surface area contributed by atoms with Gasteiger partial charge in [-0.3, -0.25) is 15.0 Å². The van der Waals surface area contributed by atoms with Crippen molar-refractivity contribution in [1.82, 2.24) is 4.90 Å². The van der Waals surface area contributed by atoms with Crippen LogP contribution in [0.2, 0.25) is 0 Å². The van der Waals surface area contributed by atoms with E-state index in [1.54, 1.807) is 12.1 Å². The van der Waals surface area contributed by atoms with E-state index in [2.05, 4.69) is 11.8 Å². The summed E-state index contributed by atoms with van der Waals surface area (Å²) < 4.78 is 0. The van der Waals surface area contributed by atoms with Crippen LogP contribution in [0, 0.1) is 10.1 Å². The normalized spacial score (nSPS) is 20.6. The van der Waals surface area contributed by atoms with Gasteiger partial charge in [-0.25, -0.2) is 0 Å². The summed E-state index contributed by atoms with van der Waals surface area (Å²) in [6.45, 7) is 3.95. The van der Waals surface area contributed by atoms with E-state index in [0.717, 1.165) is 18.5 Å². The first kappa shape index (κ1) is 12.0. The van der Waals surface area contributed by atoms with Gasteiger partial charge in [0.1, 0.15) is 0 Å². The average Bonchev–Trinajstić information content (AvgIpc) is 2.77. The van der Waals surface area contributed by atoms with Crippen LogP contribution >= 0.6 is 0 Å². The predicted molar refractivity (Wildman–Crippen MR) is 66.8 cm³/mol. The third-order valence-corrected chi connectivity index (χ3v) is 3.53. The maximum Gasteiger partial charge on any atom is 0.273 e. The van der Waals surface area contributed by atoms with Gasteiger partial charge in [-0.15, -0.1) is 0 Å². The van der Waals surface area contributed by atoms with E-state index < -0.39 is 0 Å². The smallest absolute Gasteiger partial charge is 0.273 e. The Labute approximate surface area is 101 Å². The molecule has 1 aliphatic heterocycles. The third-order valence-electron chi connectivity index (χ3n) is 3.53. The van der Waals surface area contributed by atoms with E-state index in [0.29, 0.717) is 12.6 Å². The first-order chi connectivity index (χ1) is 8.22. The number of benzene rings is 1. The second-order valence-electron chi connectivity index (χ2n) is 4.56. The van der Waals surface area contributed by atoms with E-state index in [1.807, 2.05) is 12.1 Å². The van der Waals surface area contributed by atoms with Crippen LogP contribution in [0.3, 0.4) is 0 Å². The molecular formula is C13H18N2O2. The molecule has 1 unspecified atom stereocenters. The monoisotopic (exact) mass is 234 g/mol. The van der Waals surface area contributed by atoms with E-state index in [-0.39, 0.29) is 10.6 Å². The molecule has 4 nitrogen and oxygen atoms in total. The SMILES string of the molecule is CCC1CCCN1Cc1ccccc1[N+](=O)[O-]. The van der Waals surface area contributed by atoms with Crippen molar-refractivity contribution in [3.63, 3.8) is 0 Å². The molecule has 1 fully saturated rings. The number of likely N-dealkylation sites (tertiary alicyclic amines) is 1. The summed E-state index contributed by atoms with van der Waals surface area (Å²) in [7, 11) is 0. The maximum atomic E-state index is 10.9. The second-order valence-corrected chi connectivity index (χ2v) is 4.56. The molecule has 0 spiro atoms. The van der Waals surface area contributed by atoms with Crippen LogP contribution in [-0.4, -0.2) is 22.4 Å². The number of hydrogen-bond donors (Lipinski definition) is 0. The van der Waals surface area contributed by atoms with Crippen molar-refractivity contribution in [3.05, 3.63) is 39.9 Å². The summed E-state index contributed by atoms with van der Waals surface area (Å²) in [5.41, 5.74) is 1.08. The number of para-hydroxylation sites is 1. The lowest BCUT2D eigenvalue weighted by Gasteiger charge is -2.23. The van der Waals surface area contributed by atoms with Crippen molar-refractivity contribution >= 4 is 5.69 Å². The highest BCUT2D eigenvalue weighted by Gasteiger charge is 2.25. The first-order valence-electron chi connectivity index (χ1n) is 6.18. The molecule has 2 rings (SSSR count). The molecule has 1 aliphatic rings. The summed E-state index contributed by atoms with van der Waals surface area (Å²) in [5, 5.41) is 10.9. The highest BCUT2D eigenvalue weighted by atomic mass is 16.6. The molecule has 1 saturated heterocycles. The number of nitrogens with zero attached hydrogens (tertiary/aromatic N) is 2. The van der Waals surface area contributed by atoms with Crippen molar-refractivity contribution < 1.29 is 4.92 Å². The second kappa shape index (κ2) is 5.27. The zero-order chi connectivity index (χ0) is 12.3. The summed E-state index contributed by atoms with van der Waals surface area (Å²) in [6.07, 6.45) is 3.55. The van der Waals surface area contributed by atoms with Gasteiger partial charge in [0.2, 0.25) is 0 Å². The lowest BCUT2D eigenvalue weighted by molar-refractivity contribution is -0.385. The maximum absolute atomic E-state index is 10.9. The molecule has 0 aromatic heterocycles. The molecular weight excluding hydrogens is 216 g/mol. The standard InChI is InChI=1S/C13H18N2O2/c1-2-12-7-5-9-14(12)10-11-6-3-4-8-13(11)15(16)17/h3-4,6,8,12H,2,5,7,9-10H2,1H3. The molecule has 0 aliphatic carbocycles. The van der Waals surface area contributed by atoms with Gasteiger partial charge in [0.15, 0.2) is 0 Å². The first-order valence-corrected chi connectivity index (χ1v) is 6.18. The summed E-state index contributed by atoms with van der Waals surface area (Å²) in [4.78, 5) is 13.0. The molecule has 1 heterocycles. The highest BCUT2D eigenvalue weighted by molar-refractivity contribution is 5.39. The van der Waals surface area contributed by atoms with Gasteiger partial charge in [-0.1, -0.05) is 25.1 Å². The van der Waals surface area contributed by atoms with E-state index in [9.17, 15) is 10.1 Å². The fourth-order valence-corrected chi connectivity index (χ4v) is 2.61. The molecule has 1 atom stereocenters. The van der Waals surface area contributed by atoms with Crippen molar-refractivity contribution in [3.8, 4) is 0 Å². The highest BCUT2D eigenvalue weighted by Crippen LogP contribution is 2.25. The van der Waals surface area contributed by atoms with Gasteiger partial charge in [0.25, 0.3) is 5.69 Å². The van der Waals surface area contributed by atoms with E-state index in [4.69, 9.17) is 0 Å². The summed E-state index contributed by atoms with van der Waals surface area (Å²) in [5.74, 6) is 0. The molecule has 0 bridgehead atoms. The Morgan fingerprint density at radius 1 is 1.47 bits per heavy atom. The zero-order valence-electron chi connectivity index (χ0n) is 10.1. The van der Waals surface area contributed by atoms with Gasteiger partial charge < -0.3 is 0 Å². The van der Waals surface area contributed by atoms with Crippen LogP contribution in [0.4, 0.5) is 5.69 Å². The molecule has 4 heteroatoms. The Bertz CT molecular complexity index is 406. The van der Waals surface area contributed by atoms with Crippen molar-refractivity contribution in [2.75, 3.05) is 6.54 Å². The van der Waals surface area contributed by atoms with Crippen LogP contribution in [0.25, 0.3) is 0 Å². The lowest BCUT2D eigenvalue weighted by atomic mass is 10.1. The Kier molecular flexibility index (Phi) is 3.74. The van der Waals surface area contributed by atoms with Crippen molar-refractivity contribution in [2.24, 2.45) is 0 Å². The molecule has 92 valence electrons. The zero-order valence-corrected chi connectivity index (χ0v) is 10.1. The van der Waals surface area contributed by atoms with E-state index in [1.165, 1.54) is 12.8 Å². The van der Waals surface area contributed by atoms with Gasteiger partial charge in [-0.2, -0.15) is 0 Å². The molecule has 0 saturated carbocycles. The number of rotatable bonds is 4. The number of nitro benzene ring substituents is 1. The fraction of sp³-hybridized carbons (Fsp3) is 0.538. The largest absolute Gasteiger partial charge is 0.296 e. The third kappa shape index (κ3) is 2.64. The molecule has 0 amide bonds. The Hall–Kier alpha value is -1.42.